The minimum absolute atomic E-state index is 0. The molecule has 2 fully saturated rings. The van der Waals surface area contributed by atoms with Crippen LogP contribution in [0.2, 0.25) is 0 Å². The molecule has 14 heteroatoms. The van der Waals surface area contributed by atoms with E-state index in [0.717, 1.165) is 98.7 Å². The number of nitrogens with two attached hydrogens (primary N) is 1. The Morgan fingerprint density at radius 3 is 1.52 bits per heavy atom. The number of carbonyl (C=O) groups excluding carboxylic acids is 2. The normalized spacial score (nSPS) is 15.1. The number of aliphatic hydroxyl groups is 2. The number of ether oxygens (including phenoxy) is 2. The van der Waals surface area contributed by atoms with E-state index in [2.05, 4.69) is 73.6 Å². The van der Waals surface area contributed by atoms with Crippen LogP contribution < -0.4 is 44.5 Å². The molecule has 13 nitrogen and oxygen atoms in total. The maximum Gasteiger partial charge on any atom is 1.00 e. The summed E-state index contributed by atoms with van der Waals surface area (Å²) in [6.07, 6.45) is 11.7. The summed E-state index contributed by atoms with van der Waals surface area (Å²) < 4.78 is 11.7. The van der Waals surface area contributed by atoms with Crippen LogP contribution in [0.5, 0.6) is 11.5 Å². The van der Waals surface area contributed by atoms with Gasteiger partial charge < -0.3 is 50.4 Å². The van der Waals surface area contributed by atoms with Crippen LogP contribution in [0, 0.1) is 11.8 Å². The predicted molar refractivity (Wildman–Crippen MR) is 277 cm³/mol. The number of unbranched alkanes of at least 4 members (excludes halogenated alkanes) is 2. The number of hydrogen-bond donors (Lipinski definition) is 4. The average Bonchev–Trinajstić information content (AvgIpc) is 3.38. The number of carbonyl (C=O) groups is 2. The van der Waals surface area contributed by atoms with Crippen LogP contribution in [0.3, 0.4) is 0 Å². The van der Waals surface area contributed by atoms with Gasteiger partial charge in [0.2, 0.25) is 5.91 Å². The van der Waals surface area contributed by atoms with Gasteiger partial charge in [-0.15, -0.1) is 0 Å². The number of aryl methyl sites for hydroxylation is 2. The summed E-state index contributed by atoms with van der Waals surface area (Å²) in [5.41, 5.74) is 9.90. The van der Waals surface area contributed by atoms with Crippen molar-refractivity contribution >= 4 is 33.7 Å². The van der Waals surface area contributed by atoms with E-state index in [0.29, 0.717) is 44.8 Å². The Morgan fingerprint density at radius 2 is 1.07 bits per heavy atom. The largest absolute Gasteiger partial charge is 1.00 e. The summed E-state index contributed by atoms with van der Waals surface area (Å²) in [5.74, 6) is 0.356. The van der Waals surface area contributed by atoms with Gasteiger partial charge in [0, 0.05) is 60.6 Å². The quantitative estimate of drug-likeness (QED) is 0.0604. The van der Waals surface area contributed by atoms with Crippen LogP contribution in [0.1, 0.15) is 69.9 Å². The maximum absolute atomic E-state index is 12.5. The van der Waals surface area contributed by atoms with Gasteiger partial charge in [-0.1, -0.05) is 80.2 Å². The van der Waals surface area contributed by atoms with E-state index >= 15 is 0 Å². The predicted octanol–water partition coefficient (Wildman–Crippen LogP) is 3.87. The zero-order valence-corrected chi connectivity index (χ0v) is 41.0. The Kier molecular flexibility index (Phi) is 26.7. The third-order valence-corrected chi connectivity index (χ3v) is 12.7. The molecule has 1 unspecified atom stereocenters. The van der Waals surface area contributed by atoms with E-state index < -0.39 is 18.2 Å². The third-order valence-electron chi connectivity index (χ3n) is 12.7. The maximum atomic E-state index is 12.5. The molecular formula is C57H75LiN6O7. The molecule has 4 aromatic carbocycles. The number of carboxylic acid groups (broad SMARTS) is 1. The molecule has 2 atom stereocenters. The summed E-state index contributed by atoms with van der Waals surface area (Å²) in [6, 6.07) is 40.1. The second kappa shape index (κ2) is 32.6. The Morgan fingerprint density at radius 1 is 0.620 bits per heavy atom. The van der Waals surface area contributed by atoms with Crippen LogP contribution in [-0.4, -0.2) is 120 Å². The summed E-state index contributed by atoms with van der Waals surface area (Å²) in [4.78, 5) is 36.3. The molecule has 0 saturated carbocycles. The van der Waals surface area contributed by atoms with Crippen molar-refractivity contribution < 1.29 is 53.2 Å². The number of likely N-dealkylation sites (tertiary alicyclic amines) is 2. The number of hydrogen-bond acceptors (Lipinski definition) is 12. The fraction of sp³-hybridized carbons (Fsp3) is 0.439. The molecule has 71 heavy (non-hydrogen) atoms. The number of nitrogens with zero attached hydrogens (tertiary/aromatic N) is 4. The number of carboxylic acids is 1. The van der Waals surface area contributed by atoms with E-state index in [9.17, 15) is 24.9 Å². The Bertz CT molecular complexity index is 2390. The number of aliphatic carboxylic acids is 1. The number of aromatic nitrogens is 2. The van der Waals surface area contributed by atoms with Crippen molar-refractivity contribution in [2.24, 2.45) is 17.6 Å². The number of benzene rings is 4. The van der Waals surface area contributed by atoms with E-state index in [-0.39, 0.29) is 57.2 Å². The summed E-state index contributed by atoms with van der Waals surface area (Å²) >= 11 is 0. The number of piperidine rings is 2. The van der Waals surface area contributed by atoms with Gasteiger partial charge in [0.15, 0.2) is 0 Å². The summed E-state index contributed by atoms with van der Waals surface area (Å²) in [6.45, 7) is 5.97. The zero-order chi connectivity index (χ0) is 48.5. The molecule has 0 spiro atoms. The number of aliphatic hydroxyl groups excluding tert-OH is 2. The van der Waals surface area contributed by atoms with E-state index in [1.807, 2.05) is 72.8 Å². The first-order chi connectivity index (χ1) is 33.7. The average molecular weight is 963 g/mol. The van der Waals surface area contributed by atoms with Gasteiger partial charge in [0.1, 0.15) is 36.9 Å². The second-order valence-corrected chi connectivity index (χ2v) is 18.0. The van der Waals surface area contributed by atoms with Gasteiger partial charge in [0.25, 0.3) is 0 Å². The first-order valence-corrected chi connectivity index (χ1v) is 24.8. The zero-order valence-electron chi connectivity index (χ0n) is 41.0. The summed E-state index contributed by atoms with van der Waals surface area (Å²) in [7, 11) is 0. The van der Waals surface area contributed by atoms with Crippen molar-refractivity contribution in [3.05, 3.63) is 145 Å². The molecule has 4 heterocycles. The Balaban J connectivity index is 0.000000257. The molecule has 0 bridgehead atoms. The fourth-order valence-corrected chi connectivity index (χ4v) is 8.78. The van der Waals surface area contributed by atoms with Crippen LogP contribution in [0.15, 0.2) is 134 Å². The van der Waals surface area contributed by atoms with Gasteiger partial charge in [0.05, 0.1) is 11.0 Å². The minimum Gasteiger partial charge on any atom is -0.550 e. The second-order valence-electron chi connectivity index (χ2n) is 18.0. The smallest absolute Gasteiger partial charge is 0.550 e. The van der Waals surface area contributed by atoms with Crippen molar-refractivity contribution in [1.82, 2.24) is 25.1 Å². The van der Waals surface area contributed by atoms with Gasteiger partial charge in [-0.05, 0) is 157 Å². The Hall–Kier alpha value is -5.36. The van der Waals surface area contributed by atoms with Gasteiger partial charge in [-0.3, -0.25) is 14.8 Å². The third kappa shape index (κ3) is 20.3. The standard InChI is InChI=1S/C28H35N3O3.C18H22N2O4.C10H15N.CH4.Li/c32-24(21-34-27-13-6-12-26-25(27)11-7-17-29-26)20-31-18-14-23(15-19-31)28(33)30-16-5-4-10-22-8-2-1-3-9-22;21-14(11-20-9-6-13(7-10-20)18(22)23)12-24-17-5-1-4-16-15(17)3-2-8-19-16;11-9-5-4-8-10-6-2-1-3-7-10;;/h1-3,6-9,11-13,17,23-24,32H,4-5,10,14-16,18-21H2,(H,30,33);1-5,8,13-14,21H,6-7,9-12H2,(H,22,23);1-3,6-7H,4-5,8-9,11H2;1H4;/q;;;;+1/p-1/t24-;;;;/m1..../s1. The van der Waals surface area contributed by atoms with Crippen molar-refractivity contribution in [1.29, 1.82) is 0 Å². The van der Waals surface area contributed by atoms with E-state index in [1.54, 1.807) is 12.4 Å². The molecule has 6 aromatic rings. The topological polar surface area (TPSA) is 186 Å². The summed E-state index contributed by atoms with van der Waals surface area (Å²) in [5, 5.41) is 36.5. The molecule has 5 N–H and O–H groups in total. The number of fused-ring (bicyclic) bond motifs is 2. The number of β-amino-alcohol motifs (C(OH)–C–C–N with tert-alkyl or cyclic N) is 2. The van der Waals surface area contributed by atoms with Crippen LogP contribution >= 0.6 is 0 Å². The molecule has 8 rings (SSSR count). The van der Waals surface area contributed by atoms with Gasteiger partial charge >= 0.3 is 18.9 Å². The van der Waals surface area contributed by atoms with Crippen molar-refractivity contribution in [3.63, 3.8) is 0 Å². The molecule has 376 valence electrons. The monoisotopic (exact) mass is 963 g/mol. The molecule has 2 aliphatic rings. The molecule has 1 amide bonds. The Labute approximate surface area is 433 Å². The van der Waals surface area contributed by atoms with Crippen molar-refractivity contribution in [3.8, 4) is 11.5 Å². The molecule has 0 radical (unpaired) electrons. The van der Waals surface area contributed by atoms with Crippen molar-refractivity contribution in [2.45, 2.75) is 83.8 Å². The van der Waals surface area contributed by atoms with Crippen molar-refractivity contribution in [2.75, 3.05) is 65.6 Å². The number of rotatable bonds is 21. The van der Waals surface area contributed by atoms with Crippen LogP contribution in [0.4, 0.5) is 0 Å². The van der Waals surface area contributed by atoms with Gasteiger partial charge in [-0.2, -0.15) is 0 Å². The first-order valence-electron chi connectivity index (χ1n) is 24.8. The fourth-order valence-electron chi connectivity index (χ4n) is 8.78. The molecule has 2 aromatic heterocycles. The molecule has 2 saturated heterocycles. The number of amides is 1. The molecule has 2 aliphatic heterocycles. The van der Waals surface area contributed by atoms with E-state index in [4.69, 9.17) is 15.2 Å². The van der Waals surface area contributed by atoms with Crippen LogP contribution in [0.25, 0.3) is 21.8 Å². The minimum atomic E-state index is -0.969. The SMILES string of the molecule is C.NCCCCc1ccccc1.O=C(NCCCCc1ccccc1)C1CCN(C[C@@H](O)COc2cccc3ncccc23)CC1.O=C([O-])C1CCN(CC(O)COc2cccc3ncccc23)CC1.[Li+]. The first kappa shape index (κ1) is 58.2. The van der Waals surface area contributed by atoms with E-state index in [1.165, 1.54) is 17.5 Å². The number of pyridine rings is 2. The van der Waals surface area contributed by atoms with Crippen LogP contribution in [-0.2, 0) is 22.4 Å². The number of nitrogens with one attached hydrogen (secondary N) is 1. The molecular weight excluding hydrogens is 888 g/mol. The van der Waals surface area contributed by atoms with Gasteiger partial charge in [-0.25, -0.2) is 0 Å². The molecule has 0 aliphatic carbocycles.